The summed E-state index contributed by atoms with van der Waals surface area (Å²) in [6, 6.07) is 13.4. The molecular weight excluding hydrogens is 332 g/mol. The first kappa shape index (κ1) is 16.5. The largest absolute Gasteiger partial charge is 0.480 e. The standard InChI is InChI=1S/C18H20N6O2/c1-11-17(24-14(20-11)8-9-15(23-24)26-2)18(25)21-13-10-19-22-16(13)12-6-4-3-5-7-12/h3-9,13,16,19,22H,10H2,1-2H3,(H,21,25). The van der Waals surface area contributed by atoms with Gasteiger partial charge in [0, 0.05) is 12.6 Å². The third-order valence-corrected chi connectivity index (χ3v) is 4.51. The molecule has 3 N–H and O–H groups in total. The van der Waals surface area contributed by atoms with Crippen LogP contribution in [0, 0.1) is 6.92 Å². The minimum absolute atomic E-state index is 0.0119. The van der Waals surface area contributed by atoms with Crippen LogP contribution < -0.4 is 20.9 Å². The van der Waals surface area contributed by atoms with E-state index in [1.165, 1.54) is 11.6 Å². The van der Waals surface area contributed by atoms with Crippen LogP contribution in [-0.2, 0) is 0 Å². The third-order valence-electron chi connectivity index (χ3n) is 4.51. The molecule has 8 nitrogen and oxygen atoms in total. The molecule has 4 rings (SSSR count). The van der Waals surface area contributed by atoms with Crippen LogP contribution in [-0.4, -0.2) is 40.2 Å². The maximum Gasteiger partial charge on any atom is 0.272 e. The van der Waals surface area contributed by atoms with Crippen molar-refractivity contribution in [2.24, 2.45) is 0 Å². The van der Waals surface area contributed by atoms with Gasteiger partial charge in [0.05, 0.1) is 24.9 Å². The first-order chi connectivity index (χ1) is 12.7. The van der Waals surface area contributed by atoms with Crippen molar-refractivity contribution >= 4 is 11.6 Å². The van der Waals surface area contributed by atoms with E-state index in [0.29, 0.717) is 29.5 Å². The number of ether oxygens (including phenoxy) is 1. The number of amides is 1. The number of carbonyl (C=O) groups is 1. The van der Waals surface area contributed by atoms with E-state index < -0.39 is 0 Å². The van der Waals surface area contributed by atoms with E-state index in [9.17, 15) is 4.79 Å². The average Bonchev–Trinajstić information content (AvgIpc) is 3.24. The summed E-state index contributed by atoms with van der Waals surface area (Å²) in [5.74, 6) is 0.211. The Bertz CT molecular complexity index is 940. The Morgan fingerprint density at radius 3 is 2.85 bits per heavy atom. The van der Waals surface area contributed by atoms with Crippen molar-refractivity contribution < 1.29 is 9.53 Å². The summed E-state index contributed by atoms with van der Waals surface area (Å²) in [5, 5.41) is 7.42. The SMILES string of the molecule is COc1ccc2nc(C)c(C(=O)NC3CNNC3c3ccccc3)n2n1. The number of imidazole rings is 1. The van der Waals surface area contributed by atoms with Crippen LogP contribution in [0.25, 0.3) is 5.65 Å². The van der Waals surface area contributed by atoms with Crippen molar-refractivity contribution in [1.82, 2.24) is 30.8 Å². The highest BCUT2D eigenvalue weighted by Crippen LogP contribution is 2.20. The van der Waals surface area contributed by atoms with Gasteiger partial charge in [0.25, 0.3) is 5.91 Å². The fraction of sp³-hybridized carbons (Fsp3) is 0.278. The van der Waals surface area contributed by atoms with Crippen molar-refractivity contribution in [2.75, 3.05) is 13.7 Å². The summed E-state index contributed by atoms with van der Waals surface area (Å²) in [6.07, 6.45) is 0. The van der Waals surface area contributed by atoms with E-state index in [4.69, 9.17) is 4.74 Å². The molecule has 8 heteroatoms. The normalized spacial score (nSPS) is 19.6. The predicted molar refractivity (Wildman–Crippen MR) is 95.9 cm³/mol. The van der Waals surface area contributed by atoms with Crippen LogP contribution in [0.15, 0.2) is 42.5 Å². The van der Waals surface area contributed by atoms with E-state index in [1.807, 2.05) is 30.3 Å². The molecule has 1 saturated heterocycles. The Kier molecular flexibility index (Phi) is 4.27. The first-order valence-electron chi connectivity index (χ1n) is 8.42. The molecule has 1 fully saturated rings. The number of nitrogens with one attached hydrogen (secondary N) is 3. The van der Waals surface area contributed by atoms with Crippen molar-refractivity contribution in [3.63, 3.8) is 0 Å². The molecule has 0 saturated carbocycles. The average molecular weight is 352 g/mol. The summed E-state index contributed by atoms with van der Waals surface area (Å²) in [6.45, 7) is 2.42. The summed E-state index contributed by atoms with van der Waals surface area (Å²) in [4.78, 5) is 17.4. The van der Waals surface area contributed by atoms with Gasteiger partial charge < -0.3 is 10.1 Å². The zero-order valence-electron chi connectivity index (χ0n) is 14.6. The predicted octanol–water partition coefficient (Wildman–Crippen LogP) is 0.994. The second kappa shape index (κ2) is 6.74. The summed E-state index contributed by atoms with van der Waals surface area (Å²) in [5.41, 5.74) is 9.09. The lowest BCUT2D eigenvalue weighted by molar-refractivity contribution is 0.0928. The van der Waals surface area contributed by atoms with Gasteiger partial charge in [-0.15, -0.1) is 5.10 Å². The van der Waals surface area contributed by atoms with Crippen LogP contribution in [0.5, 0.6) is 5.88 Å². The van der Waals surface area contributed by atoms with Gasteiger partial charge in [-0.05, 0) is 18.6 Å². The van der Waals surface area contributed by atoms with Gasteiger partial charge in [-0.25, -0.2) is 14.9 Å². The second-order valence-corrected chi connectivity index (χ2v) is 6.19. The fourth-order valence-electron chi connectivity index (χ4n) is 3.24. The van der Waals surface area contributed by atoms with E-state index in [-0.39, 0.29) is 18.0 Å². The number of hydrogen-bond donors (Lipinski definition) is 3. The Morgan fingerprint density at radius 2 is 2.08 bits per heavy atom. The van der Waals surface area contributed by atoms with Crippen LogP contribution in [0.4, 0.5) is 0 Å². The number of hydrazine groups is 1. The van der Waals surface area contributed by atoms with Gasteiger partial charge in [-0.2, -0.15) is 0 Å². The maximum atomic E-state index is 13.0. The number of aryl methyl sites for hydroxylation is 1. The number of fused-ring (bicyclic) bond motifs is 1. The molecule has 134 valence electrons. The molecule has 0 bridgehead atoms. The molecule has 2 aromatic heterocycles. The molecule has 0 aliphatic carbocycles. The zero-order chi connectivity index (χ0) is 18.1. The highest BCUT2D eigenvalue weighted by molar-refractivity contribution is 5.94. The highest BCUT2D eigenvalue weighted by atomic mass is 16.5. The van der Waals surface area contributed by atoms with E-state index in [1.54, 1.807) is 19.1 Å². The maximum absolute atomic E-state index is 13.0. The minimum atomic E-state index is -0.216. The monoisotopic (exact) mass is 352 g/mol. The summed E-state index contributed by atoms with van der Waals surface area (Å²) >= 11 is 0. The van der Waals surface area contributed by atoms with Crippen LogP contribution in [0.2, 0.25) is 0 Å². The highest BCUT2D eigenvalue weighted by Gasteiger charge is 2.31. The fourth-order valence-corrected chi connectivity index (χ4v) is 3.24. The number of aromatic nitrogens is 3. The molecular formula is C18H20N6O2. The quantitative estimate of drug-likeness (QED) is 0.649. The summed E-state index contributed by atoms with van der Waals surface area (Å²) < 4.78 is 6.69. The number of carbonyl (C=O) groups excluding carboxylic acids is 1. The molecule has 0 radical (unpaired) electrons. The van der Waals surface area contributed by atoms with Gasteiger partial charge >= 0.3 is 0 Å². The minimum Gasteiger partial charge on any atom is -0.480 e. The molecule has 1 aromatic carbocycles. The van der Waals surface area contributed by atoms with Crippen molar-refractivity contribution in [3.05, 3.63) is 59.4 Å². The number of rotatable bonds is 4. The van der Waals surface area contributed by atoms with Crippen LogP contribution in [0.1, 0.15) is 27.8 Å². The number of hydrogen-bond acceptors (Lipinski definition) is 6. The number of benzene rings is 1. The van der Waals surface area contributed by atoms with Crippen molar-refractivity contribution in [1.29, 1.82) is 0 Å². The van der Waals surface area contributed by atoms with Crippen molar-refractivity contribution in [3.8, 4) is 5.88 Å². The lowest BCUT2D eigenvalue weighted by Gasteiger charge is -2.20. The molecule has 2 atom stereocenters. The Labute approximate surface area is 150 Å². The molecule has 3 heterocycles. The van der Waals surface area contributed by atoms with Crippen LogP contribution in [0.3, 0.4) is 0 Å². The van der Waals surface area contributed by atoms with Crippen LogP contribution >= 0.6 is 0 Å². The van der Waals surface area contributed by atoms with Gasteiger partial charge in [-0.3, -0.25) is 10.2 Å². The molecule has 1 aliphatic rings. The van der Waals surface area contributed by atoms with E-state index in [2.05, 4.69) is 26.3 Å². The second-order valence-electron chi connectivity index (χ2n) is 6.19. The lowest BCUT2D eigenvalue weighted by atomic mass is 10.0. The molecule has 3 aromatic rings. The smallest absolute Gasteiger partial charge is 0.272 e. The van der Waals surface area contributed by atoms with Gasteiger partial charge in [0.15, 0.2) is 11.3 Å². The molecule has 2 unspecified atom stereocenters. The van der Waals surface area contributed by atoms with Gasteiger partial charge in [0.2, 0.25) is 5.88 Å². The van der Waals surface area contributed by atoms with E-state index in [0.717, 1.165) is 5.56 Å². The first-order valence-corrected chi connectivity index (χ1v) is 8.42. The molecule has 26 heavy (non-hydrogen) atoms. The molecule has 1 amide bonds. The third kappa shape index (κ3) is 2.89. The molecule has 0 spiro atoms. The van der Waals surface area contributed by atoms with Crippen molar-refractivity contribution in [2.45, 2.75) is 19.0 Å². The number of nitrogens with zero attached hydrogens (tertiary/aromatic N) is 3. The van der Waals surface area contributed by atoms with Gasteiger partial charge in [-0.1, -0.05) is 30.3 Å². The topological polar surface area (TPSA) is 92.6 Å². The lowest BCUT2D eigenvalue weighted by Crippen LogP contribution is -2.41. The van der Waals surface area contributed by atoms with Gasteiger partial charge in [0.1, 0.15) is 0 Å². The Hall–Kier alpha value is -2.97. The Balaban J connectivity index is 1.62. The molecule has 1 aliphatic heterocycles. The Morgan fingerprint density at radius 1 is 1.27 bits per heavy atom. The number of methoxy groups -OCH3 is 1. The zero-order valence-corrected chi connectivity index (χ0v) is 14.6. The van der Waals surface area contributed by atoms with E-state index >= 15 is 0 Å². The summed E-state index contributed by atoms with van der Waals surface area (Å²) in [7, 11) is 1.54.